The van der Waals surface area contributed by atoms with Crippen molar-refractivity contribution in [1.82, 2.24) is 5.32 Å². The zero-order chi connectivity index (χ0) is 19.3. The minimum absolute atomic E-state index is 0.00739. The van der Waals surface area contributed by atoms with Crippen LogP contribution >= 0.6 is 0 Å². The molecule has 0 bridgehead atoms. The Morgan fingerprint density at radius 3 is 2.69 bits per heavy atom. The molecule has 1 N–H and O–H groups in total. The van der Waals surface area contributed by atoms with Crippen molar-refractivity contribution in [3.8, 4) is 5.75 Å². The number of carbonyl (C=O) groups excluding carboxylic acids is 3. The molecule has 1 aliphatic heterocycles. The number of nitrogens with zero attached hydrogens (tertiary/aromatic N) is 1. The van der Waals surface area contributed by atoms with Gasteiger partial charge in [0.25, 0.3) is 11.8 Å². The van der Waals surface area contributed by atoms with Gasteiger partial charge in [-0.05, 0) is 19.1 Å². The molecular weight excluding hydrogens is 357 g/mol. The molecule has 7 nitrogen and oxygen atoms in total. The summed E-state index contributed by atoms with van der Waals surface area (Å²) in [5, 5.41) is 1.59. The van der Waals surface area contributed by atoms with E-state index in [0.717, 1.165) is 0 Å². The fraction of sp³-hybridized carbons (Fsp3) is 0.438. The van der Waals surface area contributed by atoms with E-state index >= 15 is 0 Å². The number of hydrogen-bond acceptors (Lipinski definition) is 5. The summed E-state index contributed by atoms with van der Waals surface area (Å²) in [6.45, 7) is -0.750. The number of hydrogen-bond donors (Lipinski definition) is 1. The van der Waals surface area contributed by atoms with Crippen LogP contribution in [0.4, 0.5) is 18.9 Å². The summed E-state index contributed by atoms with van der Waals surface area (Å²) in [6.07, 6.45) is -5.48. The topological polar surface area (TPSA) is 84.9 Å². The van der Waals surface area contributed by atoms with Gasteiger partial charge in [-0.1, -0.05) is 12.1 Å². The van der Waals surface area contributed by atoms with E-state index in [0.29, 0.717) is 11.4 Å². The van der Waals surface area contributed by atoms with Crippen molar-refractivity contribution in [3.05, 3.63) is 24.3 Å². The van der Waals surface area contributed by atoms with E-state index in [1.165, 1.54) is 4.90 Å². The van der Waals surface area contributed by atoms with Gasteiger partial charge >= 0.3 is 12.1 Å². The normalized spacial score (nSPS) is 16.5. The van der Waals surface area contributed by atoms with Crippen LogP contribution in [0.3, 0.4) is 0 Å². The number of alkyl halides is 3. The van der Waals surface area contributed by atoms with Crippen LogP contribution in [0.2, 0.25) is 0 Å². The van der Waals surface area contributed by atoms with Crippen molar-refractivity contribution in [2.75, 3.05) is 24.6 Å². The van der Waals surface area contributed by atoms with Gasteiger partial charge < -0.3 is 19.7 Å². The van der Waals surface area contributed by atoms with Crippen LogP contribution in [-0.2, 0) is 19.1 Å². The van der Waals surface area contributed by atoms with Gasteiger partial charge in [0.2, 0.25) is 0 Å². The van der Waals surface area contributed by atoms with Crippen LogP contribution in [0, 0.1) is 0 Å². The van der Waals surface area contributed by atoms with E-state index in [-0.39, 0.29) is 18.9 Å². The van der Waals surface area contributed by atoms with Crippen molar-refractivity contribution in [3.63, 3.8) is 0 Å². The molecule has 0 aromatic heterocycles. The predicted molar refractivity (Wildman–Crippen MR) is 83.5 cm³/mol. The highest BCUT2D eigenvalue weighted by atomic mass is 19.4. The molecule has 0 saturated heterocycles. The van der Waals surface area contributed by atoms with E-state index in [1.807, 2.05) is 0 Å². The maximum Gasteiger partial charge on any atom is 0.405 e. The van der Waals surface area contributed by atoms with Crippen molar-refractivity contribution in [2.45, 2.75) is 25.6 Å². The maximum absolute atomic E-state index is 12.2. The lowest BCUT2D eigenvalue weighted by Gasteiger charge is -2.32. The Bertz CT molecular complexity index is 693. The molecule has 0 aliphatic carbocycles. The number of nitrogens with one attached hydrogen (secondary N) is 1. The van der Waals surface area contributed by atoms with Crippen LogP contribution in [-0.4, -0.2) is 49.8 Å². The first-order valence-corrected chi connectivity index (χ1v) is 7.73. The molecule has 2 amide bonds. The molecule has 0 spiro atoms. The van der Waals surface area contributed by atoms with Crippen molar-refractivity contribution in [1.29, 1.82) is 0 Å². The van der Waals surface area contributed by atoms with Crippen molar-refractivity contribution < 1.29 is 37.0 Å². The number of carbonyl (C=O) groups is 3. The van der Waals surface area contributed by atoms with Gasteiger partial charge in [0.05, 0.1) is 12.1 Å². The summed E-state index contributed by atoms with van der Waals surface area (Å²) in [5.41, 5.74) is 0.506. The molecule has 1 aromatic carbocycles. The van der Waals surface area contributed by atoms with Crippen molar-refractivity contribution >= 4 is 23.5 Å². The van der Waals surface area contributed by atoms with Crippen LogP contribution in [0.25, 0.3) is 0 Å². The fourth-order valence-electron chi connectivity index (χ4n) is 2.26. The average molecular weight is 374 g/mol. The lowest BCUT2D eigenvalue weighted by atomic mass is 10.2. The Labute approximate surface area is 147 Å². The zero-order valence-electron chi connectivity index (χ0n) is 13.8. The Morgan fingerprint density at radius 2 is 2.00 bits per heavy atom. The third kappa shape index (κ3) is 5.36. The highest BCUT2D eigenvalue weighted by molar-refractivity contribution is 6.00. The molecule has 1 unspecified atom stereocenters. The third-order valence-corrected chi connectivity index (χ3v) is 3.46. The molecule has 0 saturated carbocycles. The van der Waals surface area contributed by atoms with Crippen LogP contribution in [0.5, 0.6) is 5.75 Å². The number of para-hydroxylation sites is 2. The summed E-state index contributed by atoms with van der Waals surface area (Å²) in [6, 6.07) is 6.80. The molecule has 1 aliphatic rings. The lowest BCUT2D eigenvalue weighted by Crippen LogP contribution is -2.45. The number of rotatable bonds is 6. The van der Waals surface area contributed by atoms with E-state index in [9.17, 15) is 27.6 Å². The van der Waals surface area contributed by atoms with Gasteiger partial charge in [0, 0.05) is 6.54 Å². The van der Waals surface area contributed by atoms with E-state index in [4.69, 9.17) is 4.74 Å². The van der Waals surface area contributed by atoms with Crippen LogP contribution in [0.1, 0.15) is 13.3 Å². The predicted octanol–water partition coefficient (Wildman–Crippen LogP) is 1.41. The Hall–Kier alpha value is -2.78. The van der Waals surface area contributed by atoms with E-state index < -0.39 is 37.3 Å². The second-order valence-electron chi connectivity index (χ2n) is 5.52. The van der Waals surface area contributed by atoms with E-state index in [2.05, 4.69) is 4.74 Å². The summed E-state index contributed by atoms with van der Waals surface area (Å²) < 4.78 is 46.0. The van der Waals surface area contributed by atoms with Crippen molar-refractivity contribution in [2.24, 2.45) is 0 Å². The Kier molecular flexibility index (Phi) is 6.06. The van der Waals surface area contributed by atoms with Gasteiger partial charge in [0.15, 0.2) is 12.7 Å². The minimum atomic E-state index is -4.54. The summed E-state index contributed by atoms with van der Waals surface area (Å²) >= 11 is 0. The molecule has 1 aromatic rings. The zero-order valence-corrected chi connectivity index (χ0v) is 13.8. The van der Waals surface area contributed by atoms with Crippen LogP contribution in [0.15, 0.2) is 24.3 Å². The monoisotopic (exact) mass is 374 g/mol. The minimum Gasteiger partial charge on any atom is -0.479 e. The number of amides is 2. The number of benzene rings is 1. The number of halogens is 3. The summed E-state index contributed by atoms with van der Waals surface area (Å²) in [5.74, 6) is -1.70. The van der Waals surface area contributed by atoms with E-state index in [1.54, 1.807) is 36.5 Å². The first-order chi connectivity index (χ1) is 12.2. The Balaban J connectivity index is 1.83. The SMILES string of the molecule is CC1Oc2ccccc2N(CCC(=O)OCC(=O)NCC(F)(F)F)C1=O. The van der Waals surface area contributed by atoms with Crippen LogP contribution < -0.4 is 15.0 Å². The van der Waals surface area contributed by atoms with Gasteiger partial charge in [0.1, 0.15) is 12.3 Å². The molecule has 1 heterocycles. The fourth-order valence-corrected chi connectivity index (χ4v) is 2.26. The highest BCUT2D eigenvalue weighted by Gasteiger charge is 2.31. The lowest BCUT2D eigenvalue weighted by molar-refractivity contribution is -0.151. The molecule has 142 valence electrons. The first-order valence-electron chi connectivity index (χ1n) is 7.73. The maximum atomic E-state index is 12.2. The Morgan fingerprint density at radius 1 is 1.31 bits per heavy atom. The quantitative estimate of drug-likeness (QED) is 0.761. The molecular formula is C16H17F3N2O5. The third-order valence-electron chi connectivity index (χ3n) is 3.46. The number of anilines is 1. The second-order valence-corrected chi connectivity index (χ2v) is 5.52. The molecule has 26 heavy (non-hydrogen) atoms. The number of fused-ring (bicyclic) bond motifs is 1. The van der Waals surface area contributed by atoms with Gasteiger partial charge in [-0.25, -0.2) is 0 Å². The molecule has 2 rings (SSSR count). The summed E-state index contributed by atoms with van der Waals surface area (Å²) in [4.78, 5) is 36.5. The first kappa shape index (κ1) is 19.5. The molecule has 10 heteroatoms. The number of esters is 1. The molecule has 0 radical (unpaired) electrons. The van der Waals surface area contributed by atoms with Gasteiger partial charge in [-0.3, -0.25) is 14.4 Å². The largest absolute Gasteiger partial charge is 0.479 e. The smallest absolute Gasteiger partial charge is 0.405 e. The molecule has 1 atom stereocenters. The van der Waals surface area contributed by atoms with Gasteiger partial charge in [-0.15, -0.1) is 0 Å². The highest BCUT2D eigenvalue weighted by Crippen LogP contribution is 2.33. The summed E-state index contributed by atoms with van der Waals surface area (Å²) in [7, 11) is 0. The average Bonchev–Trinajstić information content (AvgIpc) is 2.58. The van der Waals surface area contributed by atoms with Gasteiger partial charge in [-0.2, -0.15) is 13.2 Å². The second kappa shape index (κ2) is 8.07. The standard InChI is InChI=1S/C16H17F3N2O5/c1-10-15(24)21(11-4-2-3-5-12(11)26-10)7-6-14(23)25-8-13(22)20-9-16(17,18)19/h2-5,10H,6-9H2,1H3,(H,20,22). The molecule has 0 fully saturated rings. The number of ether oxygens (including phenoxy) is 2.